The molecule has 1 aromatic carbocycles. The first-order valence-electron chi connectivity index (χ1n) is 7.30. The molecule has 0 aliphatic carbocycles. The lowest BCUT2D eigenvalue weighted by molar-refractivity contribution is 0.0927. The molecule has 23 heavy (non-hydrogen) atoms. The first kappa shape index (κ1) is 17.4. The zero-order valence-corrected chi connectivity index (χ0v) is 13.7. The van der Waals surface area contributed by atoms with Crippen molar-refractivity contribution in [2.24, 2.45) is 0 Å². The van der Waals surface area contributed by atoms with Crippen LogP contribution in [0.2, 0.25) is 0 Å². The molecule has 0 bridgehead atoms. The Kier molecular flexibility index (Phi) is 5.73. The molecule has 0 spiro atoms. The molecule has 126 valence electrons. The summed E-state index contributed by atoms with van der Waals surface area (Å²) in [5.74, 6) is -0.480. The molecule has 1 aromatic rings. The molecule has 7 nitrogen and oxygen atoms in total. The molecule has 0 radical (unpaired) electrons. The van der Waals surface area contributed by atoms with Gasteiger partial charge in [-0.25, -0.2) is 8.42 Å². The van der Waals surface area contributed by atoms with Gasteiger partial charge in [0.2, 0.25) is 0 Å². The van der Waals surface area contributed by atoms with Gasteiger partial charge >= 0.3 is 0 Å². The van der Waals surface area contributed by atoms with Gasteiger partial charge in [-0.1, -0.05) is 0 Å². The van der Waals surface area contributed by atoms with Crippen molar-refractivity contribution in [3.63, 3.8) is 0 Å². The molecule has 1 unspecified atom stereocenters. The molecular formula is C15H20N2O5S. The van der Waals surface area contributed by atoms with Gasteiger partial charge in [0.05, 0.1) is 18.1 Å². The van der Waals surface area contributed by atoms with Crippen molar-refractivity contribution in [3.8, 4) is 0 Å². The smallest absolute Gasteiger partial charge is 0.251 e. The molecule has 0 aromatic heterocycles. The van der Waals surface area contributed by atoms with Crippen LogP contribution in [0.25, 0.3) is 0 Å². The minimum atomic E-state index is -3.03. The van der Waals surface area contributed by atoms with E-state index in [2.05, 4.69) is 10.6 Å². The normalized spacial score (nSPS) is 19.3. The van der Waals surface area contributed by atoms with Crippen LogP contribution >= 0.6 is 0 Å². The highest BCUT2D eigenvalue weighted by molar-refractivity contribution is 7.91. The molecule has 8 heteroatoms. The molecule has 1 aliphatic rings. The molecule has 1 atom stereocenters. The van der Waals surface area contributed by atoms with Crippen molar-refractivity contribution in [2.75, 3.05) is 31.8 Å². The Morgan fingerprint density at radius 3 is 2.30 bits per heavy atom. The first-order chi connectivity index (χ1) is 10.9. The third-order valence-electron chi connectivity index (χ3n) is 3.57. The topological polar surface area (TPSA) is 102 Å². The maximum absolute atomic E-state index is 12.1. The van der Waals surface area contributed by atoms with Crippen molar-refractivity contribution in [2.45, 2.75) is 12.5 Å². The maximum atomic E-state index is 12.1. The fourth-order valence-corrected chi connectivity index (χ4v) is 3.99. The van der Waals surface area contributed by atoms with Gasteiger partial charge in [-0.15, -0.1) is 0 Å². The first-order valence-corrected chi connectivity index (χ1v) is 9.12. The number of hydrogen-bond donors (Lipinski definition) is 2. The lowest BCUT2D eigenvalue weighted by Crippen LogP contribution is -2.35. The molecule has 2 N–H and O–H groups in total. The number of ether oxygens (including phenoxy) is 1. The lowest BCUT2D eigenvalue weighted by atomic mass is 10.1. The van der Waals surface area contributed by atoms with Crippen molar-refractivity contribution in [3.05, 3.63) is 35.4 Å². The van der Waals surface area contributed by atoms with Gasteiger partial charge in [0.25, 0.3) is 11.8 Å². The van der Waals surface area contributed by atoms with E-state index in [4.69, 9.17) is 4.74 Å². The average Bonchev–Trinajstić information content (AvgIpc) is 2.86. The fourth-order valence-electron chi connectivity index (χ4n) is 2.32. The van der Waals surface area contributed by atoms with E-state index in [9.17, 15) is 18.0 Å². The van der Waals surface area contributed by atoms with Gasteiger partial charge in [-0.2, -0.15) is 0 Å². The van der Waals surface area contributed by atoms with Crippen LogP contribution in [0.5, 0.6) is 0 Å². The van der Waals surface area contributed by atoms with Gasteiger partial charge in [-0.3, -0.25) is 9.59 Å². The van der Waals surface area contributed by atoms with Gasteiger partial charge in [-0.05, 0) is 30.7 Å². The summed E-state index contributed by atoms with van der Waals surface area (Å²) in [6.45, 7) is 0.838. The fraction of sp³-hybridized carbons (Fsp3) is 0.467. The SMILES string of the molecule is COCCNC(=O)c1ccc(C(=O)NC2CCS(=O)(=O)C2)cc1. The summed E-state index contributed by atoms with van der Waals surface area (Å²) in [5.41, 5.74) is 0.837. The zero-order chi connectivity index (χ0) is 16.9. The van der Waals surface area contributed by atoms with E-state index in [-0.39, 0.29) is 29.4 Å². The highest BCUT2D eigenvalue weighted by atomic mass is 32.2. The standard InChI is InChI=1S/C15H20N2O5S/c1-22-8-7-16-14(18)11-2-4-12(5-3-11)15(19)17-13-6-9-23(20,21)10-13/h2-5,13H,6-10H2,1H3,(H,16,18)(H,17,19). The Morgan fingerprint density at radius 2 is 1.78 bits per heavy atom. The van der Waals surface area contributed by atoms with E-state index in [1.165, 1.54) is 0 Å². The molecule has 0 saturated carbocycles. The van der Waals surface area contributed by atoms with Crippen LogP contribution < -0.4 is 10.6 Å². The second-order valence-corrected chi connectivity index (χ2v) is 7.63. The van der Waals surface area contributed by atoms with E-state index in [0.717, 1.165) is 0 Å². The predicted octanol–water partition coefficient (Wildman–Crippen LogP) is -0.0203. The Hall–Kier alpha value is -1.93. The molecular weight excluding hydrogens is 320 g/mol. The van der Waals surface area contributed by atoms with E-state index in [1.807, 2.05) is 0 Å². The predicted molar refractivity (Wildman–Crippen MR) is 85.2 cm³/mol. The Bertz CT molecular complexity index is 670. The number of methoxy groups -OCH3 is 1. The Morgan fingerprint density at radius 1 is 1.17 bits per heavy atom. The number of benzene rings is 1. The van der Waals surface area contributed by atoms with Crippen LogP contribution in [-0.2, 0) is 14.6 Å². The van der Waals surface area contributed by atoms with Crippen LogP contribution in [0.4, 0.5) is 0 Å². The summed E-state index contributed by atoms with van der Waals surface area (Å²) in [6.07, 6.45) is 0.439. The number of nitrogens with one attached hydrogen (secondary N) is 2. The molecule has 2 amide bonds. The van der Waals surface area contributed by atoms with Gasteiger partial charge in [0, 0.05) is 30.8 Å². The van der Waals surface area contributed by atoms with E-state index in [0.29, 0.717) is 30.7 Å². The van der Waals surface area contributed by atoms with Gasteiger partial charge in [0.1, 0.15) is 0 Å². The molecule has 1 saturated heterocycles. The van der Waals surface area contributed by atoms with E-state index in [1.54, 1.807) is 31.4 Å². The average molecular weight is 340 g/mol. The minimum Gasteiger partial charge on any atom is -0.383 e. The summed E-state index contributed by atoms with van der Waals surface area (Å²) >= 11 is 0. The summed E-state index contributed by atoms with van der Waals surface area (Å²) in [5, 5.41) is 5.39. The van der Waals surface area contributed by atoms with Crippen LogP contribution in [0.3, 0.4) is 0 Å². The van der Waals surface area contributed by atoms with Gasteiger partial charge in [0.15, 0.2) is 9.84 Å². The number of rotatable bonds is 6. The van der Waals surface area contributed by atoms with Crippen LogP contribution in [-0.4, -0.2) is 58.0 Å². The third kappa shape index (κ3) is 5.04. The van der Waals surface area contributed by atoms with Crippen molar-refractivity contribution < 1.29 is 22.7 Å². The van der Waals surface area contributed by atoms with Crippen LogP contribution in [0.1, 0.15) is 27.1 Å². The number of carbonyl (C=O) groups excluding carboxylic acids is 2. The summed E-state index contributed by atoms with van der Waals surface area (Å²) in [6, 6.07) is 5.86. The van der Waals surface area contributed by atoms with Gasteiger partial charge < -0.3 is 15.4 Å². The van der Waals surface area contributed by atoms with E-state index >= 15 is 0 Å². The Balaban J connectivity index is 1.91. The highest BCUT2D eigenvalue weighted by Crippen LogP contribution is 2.12. The summed E-state index contributed by atoms with van der Waals surface area (Å²) < 4.78 is 27.6. The summed E-state index contributed by atoms with van der Waals surface area (Å²) in [7, 11) is -1.48. The number of carbonyl (C=O) groups is 2. The molecule has 1 aliphatic heterocycles. The van der Waals surface area contributed by atoms with Crippen molar-refractivity contribution >= 4 is 21.7 Å². The molecule has 1 heterocycles. The highest BCUT2D eigenvalue weighted by Gasteiger charge is 2.29. The second kappa shape index (κ2) is 7.56. The van der Waals surface area contributed by atoms with Crippen molar-refractivity contribution in [1.82, 2.24) is 10.6 Å². The zero-order valence-electron chi connectivity index (χ0n) is 12.9. The molecule has 2 rings (SSSR count). The number of amides is 2. The van der Waals surface area contributed by atoms with Crippen LogP contribution in [0.15, 0.2) is 24.3 Å². The largest absolute Gasteiger partial charge is 0.383 e. The van der Waals surface area contributed by atoms with E-state index < -0.39 is 9.84 Å². The lowest BCUT2D eigenvalue weighted by Gasteiger charge is -2.11. The number of sulfone groups is 1. The summed E-state index contributed by atoms with van der Waals surface area (Å²) in [4.78, 5) is 23.9. The monoisotopic (exact) mass is 340 g/mol. The van der Waals surface area contributed by atoms with Crippen LogP contribution in [0, 0.1) is 0 Å². The van der Waals surface area contributed by atoms with Crippen molar-refractivity contribution in [1.29, 1.82) is 0 Å². The number of hydrogen-bond acceptors (Lipinski definition) is 5. The second-order valence-electron chi connectivity index (χ2n) is 5.40. The molecule has 1 fully saturated rings. The Labute approximate surface area is 135 Å². The quantitative estimate of drug-likeness (QED) is 0.709. The maximum Gasteiger partial charge on any atom is 0.251 e. The minimum absolute atomic E-state index is 0.0151. The third-order valence-corrected chi connectivity index (χ3v) is 5.34.